The number of aryl methyl sites for hydroxylation is 1. The van der Waals surface area contributed by atoms with Crippen molar-refractivity contribution in [3.8, 4) is 11.5 Å². The number of aromatic nitrogens is 2. The van der Waals surface area contributed by atoms with Crippen LogP contribution < -0.4 is 14.8 Å². The lowest BCUT2D eigenvalue weighted by Gasteiger charge is -2.11. The molecular formula is C14H12ClN3O4. The van der Waals surface area contributed by atoms with Crippen LogP contribution in [0.3, 0.4) is 0 Å². The van der Waals surface area contributed by atoms with E-state index >= 15 is 0 Å². The zero-order valence-electron chi connectivity index (χ0n) is 11.8. The second kappa shape index (κ2) is 5.34. The number of ether oxygens (including phenoxy) is 2. The smallest absolute Gasteiger partial charge is 0.275 e. The fourth-order valence-corrected chi connectivity index (χ4v) is 2.44. The fourth-order valence-electron chi connectivity index (χ4n) is 2.18. The summed E-state index contributed by atoms with van der Waals surface area (Å²) in [6, 6.07) is 3.10. The predicted octanol–water partition coefficient (Wildman–Crippen LogP) is 2.26. The quantitative estimate of drug-likeness (QED) is 0.877. The van der Waals surface area contributed by atoms with Crippen molar-refractivity contribution in [3.05, 3.63) is 34.6 Å². The Morgan fingerprint density at radius 3 is 2.59 bits per heavy atom. The molecule has 114 valence electrons. The molecule has 0 bridgehead atoms. The van der Waals surface area contributed by atoms with E-state index in [4.69, 9.17) is 21.1 Å². The number of Topliss-reactive ketones (excluding diaryl/α,β-unsaturated/α-hetero) is 1. The highest BCUT2D eigenvalue weighted by Gasteiger charge is 2.22. The van der Waals surface area contributed by atoms with Gasteiger partial charge in [-0.2, -0.15) is 5.10 Å². The Morgan fingerprint density at radius 2 is 2.00 bits per heavy atom. The van der Waals surface area contributed by atoms with Gasteiger partial charge >= 0.3 is 0 Å². The van der Waals surface area contributed by atoms with Gasteiger partial charge in [-0.05, 0) is 13.0 Å². The second-order valence-corrected chi connectivity index (χ2v) is 5.13. The minimum Gasteiger partial charge on any atom is -0.454 e. The summed E-state index contributed by atoms with van der Waals surface area (Å²) in [5, 5.41) is 6.80. The normalized spacial score (nSPS) is 12.3. The van der Waals surface area contributed by atoms with Crippen LogP contribution in [0.1, 0.15) is 27.8 Å². The molecule has 0 aliphatic carbocycles. The molecule has 0 spiro atoms. The maximum atomic E-state index is 12.4. The molecule has 0 saturated heterocycles. The van der Waals surface area contributed by atoms with Crippen LogP contribution in [0.15, 0.2) is 18.3 Å². The third kappa shape index (κ3) is 2.39. The molecule has 0 unspecified atom stereocenters. The molecule has 7 nitrogen and oxygen atoms in total. The lowest BCUT2D eigenvalue weighted by molar-refractivity contribution is 0.101. The Kier molecular flexibility index (Phi) is 3.50. The van der Waals surface area contributed by atoms with Gasteiger partial charge in [0.05, 0.1) is 16.9 Å². The molecule has 22 heavy (non-hydrogen) atoms. The molecule has 1 aliphatic rings. The summed E-state index contributed by atoms with van der Waals surface area (Å²) in [7, 11) is 1.60. The van der Waals surface area contributed by atoms with E-state index in [-0.39, 0.29) is 23.3 Å². The number of halogens is 1. The Labute approximate surface area is 130 Å². The van der Waals surface area contributed by atoms with Crippen molar-refractivity contribution >= 4 is 29.0 Å². The van der Waals surface area contributed by atoms with Crippen LogP contribution in [0, 0.1) is 0 Å². The summed E-state index contributed by atoms with van der Waals surface area (Å²) in [5.74, 6) is 0.272. The van der Waals surface area contributed by atoms with Gasteiger partial charge in [-0.25, -0.2) is 0 Å². The van der Waals surface area contributed by atoms with E-state index in [0.29, 0.717) is 22.7 Å². The molecule has 1 amide bonds. The number of carbonyl (C=O) groups is 2. The number of fused-ring (bicyclic) bond motifs is 1. The number of nitrogens with one attached hydrogen (secondary N) is 1. The van der Waals surface area contributed by atoms with E-state index in [2.05, 4.69) is 10.4 Å². The summed E-state index contributed by atoms with van der Waals surface area (Å²) in [4.78, 5) is 24.1. The van der Waals surface area contributed by atoms with E-state index in [1.165, 1.54) is 17.8 Å². The number of amides is 1. The zero-order chi connectivity index (χ0) is 15.9. The monoisotopic (exact) mass is 321 g/mol. The molecular weight excluding hydrogens is 310 g/mol. The van der Waals surface area contributed by atoms with Crippen molar-refractivity contribution < 1.29 is 19.1 Å². The van der Waals surface area contributed by atoms with Crippen LogP contribution in [-0.2, 0) is 7.05 Å². The fraction of sp³-hybridized carbons (Fsp3) is 0.214. The molecule has 1 aromatic carbocycles. The molecule has 2 aromatic rings. The molecule has 2 heterocycles. The summed E-state index contributed by atoms with van der Waals surface area (Å²) in [6.45, 7) is 1.49. The number of ketones is 1. The van der Waals surface area contributed by atoms with Crippen LogP contribution in [0.4, 0.5) is 5.69 Å². The minimum atomic E-state index is -0.466. The van der Waals surface area contributed by atoms with E-state index in [1.54, 1.807) is 19.2 Å². The van der Waals surface area contributed by atoms with Gasteiger partial charge in [0, 0.05) is 18.7 Å². The molecule has 8 heteroatoms. The molecule has 1 aromatic heterocycles. The van der Waals surface area contributed by atoms with Crippen molar-refractivity contribution in [1.82, 2.24) is 9.78 Å². The van der Waals surface area contributed by atoms with E-state index < -0.39 is 5.91 Å². The number of nitrogens with zero attached hydrogens (tertiary/aromatic N) is 2. The lowest BCUT2D eigenvalue weighted by Crippen LogP contribution is -2.18. The number of benzene rings is 1. The number of anilines is 1. The van der Waals surface area contributed by atoms with Gasteiger partial charge in [-0.1, -0.05) is 11.6 Å². The first-order chi connectivity index (χ1) is 10.5. The van der Waals surface area contributed by atoms with E-state index in [0.717, 1.165) is 0 Å². The topological polar surface area (TPSA) is 82.5 Å². The Bertz CT molecular complexity index is 765. The van der Waals surface area contributed by atoms with Gasteiger partial charge in [0.1, 0.15) is 5.69 Å². The molecule has 1 aliphatic heterocycles. The maximum Gasteiger partial charge on any atom is 0.275 e. The molecule has 0 atom stereocenters. The zero-order valence-corrected chi connectivity index (χ0v) is 12.6. The molecule has 0 saturated carbocycles. The standard InChI is InChI=1S/C14H12ClN3O4/c1-7(19)8-3-11-12(22-6-21-11)4-10(8)17-14(20)13-9(15)5-16-18(13)2/h3-5H,6H2,1-2H3,(H,17,20). The van der Waals surface area contributed by atoms with Crippen molar-refractivity contribution in [2.24, 2.45) is 7.05 Å². The van der Waals surface area contributed by atoms with Crippen molar-refractivity contribution in [2.45, 2.75) is 6.92 Å². The second-order valence-electron chi connectivity index (χ2n) is 4.73. The number of carbonyl (C=O) groups excluding carboxylic acids is 2. The third-order valence-electron chi connectivity index (χ3n) is 3.25. The number of hydrogen-bond donors (Lipinski definition) is 1. The summed E-state index contributed by atoms with van der Waals surface area (Å²) in [6.07, 6.45) is 1.38. The van der Waals surface area contributed by atoms with Crippen LogP contribution in [-0.4, -0.2) is 28.3 Å². The van der Waals surface area contributed by atoms with Crippen molar-refractivity contribution in [3.63, 3.8) is 0 Å². The predicted molar refractivity (Wildman–Crippen MR) is 78.7 cm³/mol. The SMILES string of the molecule is CC(=O)c1cc2c(cc1NC(=O)c1c(Cl)cnn1C)OCO2. The first-order valence-electron chi connectivity index (χ1n) is 6.41. The average Bonchev–Trinajstić information content (AvgIpc) is 3.03. The number of rotatable bonds is 3. The lowest BCUT2D eigenvalue weighted by atomic mass is 10.1. The first-order valence-corrected chi connectivity index (χ1v) is 6.78. The summed E-state index contributed by atoms with van der Waals surface area (Å²) >= 11 is 5.95. The summed E-state index contributed by atoms with van der Waals surface area (Å²) in [5.41, 5.74) is 0.865. The Balaban J connectivity index is 1.98. The van der Waals surface area contributed by atoms with Gasteiger partial charge in [0.2, 0.25) is 6.79 Å². The van der Waals surface area contributed by atoms with Gasteiger partial charge in [-0.15, -0.1) is 0 Å². The number of hydrogen-bond acceptors (Lipinski definition) is 5. The van der Waals surface area contributed by atoms with Crippen molar-refractivity contribution in [2.75, 3.05) is 12.1 Å². The van der Waals surface area contributed by atoms with Crippen molar-refractivity contribution in [1.29, 1.82) is 0 Å². The third-order valence-corrected chi connectivity index (χ3v) is 3.53. The molecule has 3 rings (SSSR count). The largest absolute Gasteiger partial charge is 0.454 e. The van der Waals surface area contributed by atoms with Gasteiger partial charge < -0.3 is 14.8 Å². The van der Waals surface area contributed by atoms with Gasteiger partial charge in [-0.3, -0.25) is 14.3 Å². The summed E-state index contributed by atoms with van der Waals surface area (Å²) < 4.78 is 11.9. The van der Waals surface area contributed by atoms with Gasteiger partial charge in [0.25, 0.3) is 5.91 Å². The van der Waals surface area contributed by atoms with Crippen LogP contribution in [0.2, 0.25) is 5.02 Å². The first kappa shape index (κ1) is 14.4. The van der Waals surface area contributed by atoms with Crippen LogP contribution in [0.5, 0.6) is 11.5 Å². The molecule has 0 fully saturated rings. The molecule has 0 radical (unpaired) electrons. The average molecular weight is 322 g/mol. The Hall–Kier alpha value is -2.54. The van der Waals surface area contributed by atoms with Gasteiger partial charge in [0.15, 0.2) is 17.3 Å². The van der Waals surface area contributed by atoms with E-state index in [9.17, 15) is 9.59 Å². The highest BCUT2D eigenvalue weighted by molar-refractivity contribution is 6.34. The van der Waals surface area contributed by atoms with E-state index in [1.807, 2.05) is 0 Å². The van der Waals surface area contributed by atoms with Crippen LogP contribution >= 0.6 is 11.6 Å². The maximum absolute atomic E-state index is 12.4. The highest BCUT2D eigenvalue weighted by atomic mass is 35.5. The molecule has 1 N–H and O–H groups in total. The van der Waals surface area contributed by atoms with Crippen LogP contribution in [0.25, 0.3) is 0 Å². The Morgan fingerprint density at radius 1 is 1.32 bits per heavy atom. The minimum absolute atomic E-state index is 0.0810. The highest BCUT2D eigenvalue weighted by Crippen LogP contribution is 2.37.